The third-order valence-corrected chi connectivity index (χ3v) is 2.28. The normalized spacial score (nSPS) is 9.44. The number of rotatable bonds is 2. The fourth-order valence-electron chi connectivity index (χ4n) is 1.08. The largest absolute Gasteiger partial charge is 0.465 e. The fourth-order valence-corrected chi connectivity index (χ4v) is 1.19. The Morgan fingerprint density at radius 1 is 1.50 bits per heavy atom. The Morgan fingerprint density at radius 3 is 2.69 bits per heavy atom. The number of nitrogens with zero attached hydrogens (tertiary/aromatic N) is 1. The number of hydrogen-bond acceptors (Lipinski definition) is 4. The van der Waals surface area contributed by atoms with E-state index in [1.54, 1.807) is 31.3 Å². The molecule has 0 bridgehead atoms. The third kappa shape index (κ3) is 2.91. The second-order valence-corrected chi connectivity index (χ2v) is 3.46. The van der Waals surface area contributed by atoms with Gasteiger partial charge in [-0.15, -0.1) is 0 Å². The molecule has 0 radical (unpaired) electrons. The second kappa shape index (κ2) is 5.43. The molecule has 0 aliphatic heterocycles. The Hall–Kier alpha value is -1.66. The molecule has 0 spiro atoms. The van der Waals surface area contributed by atoms with E-state index in [0.717, 1.165) is 0 Å². The van der Waals surface area contributed by atoms with Crippen molar-refractivity contribution in [2.24, 2.45) is 5.84 Å². The molecule has 1 aromatic carbocycles. The molecule has 0 unspecified atom stereocenters. The van der Waals surface area contributed by atoms with E-state index in [-0.39, 0.29) is 0 Å². The lowest BCUT2D eigenvalue weighted by atomic mass is 10.2. The van der Waals surface area contributed by atoms with Crippen LogP contribution in [0.1, 0.15) is 10.4 Å². The summed E-state index contributed by atoms with van der Waals surface area (Å²) in [6.07, 6.45) is 0. The average molecular weight is 239 g/mol. The van der Waals surface area contributed by atoms with Crippen LogP contribution < -0.4 is 11.2 Å². The van der Waals surface area contributed by atoms with Crippen molar-refractivity contribution in [1.82, 2.24) is 5.01 Å². The number of hydrogen-bond donors (Lipinski definition) is 2. The molecule has 1 rings (SSSR count). The molecule has 0 atom stereocenters. The van der Waals surface area contributed by atoms with E-state index < -0.39 is 5.97 Å². The lowest BCUT2D eigenvalue weighted by molar-refractivity contribution is 0.0602. The molecule has 16 heavy (non-hydrogen) atoms. The molecule has 0 saturated heterocycles. The lowest BCUT2D eigenvalue weighted by Gasteiger charge is -2.16. The molecule has 86 valence electrons. The van der Waals surface area contributed by atoms with Gasteiger partial charge in [0.15, 0.2) is 5.11 Å². The van der Waals surface area contributed by atoms with Gasteiger partial charge in [-0.05, 0) is 24.4 Å². The number of para-hydroxylation sites is 1. The molecule has 0 fully saturated rings. The smallest absolute Gasteiger partial charge is 0.339 e. The number of anilines is 1. The monoisotopic (exact) mass is 239 g/mol. The number of benzene rings is 1. The van der Waals surface area contributed by atoms with Gasteiger partial charge in [-0.3, -0.25) is 5.01 Å². The van der Waals surface area contributed by atoms with Gasteiger partial charge in [0, 0.05) is 7.05 Å². The van der Waals surface area contributed by atoms with Crippen LogP contribution in [0.5, 0.6) is 0 Å². The number of carbonyl (C=O) groups is 1. The summed E-state index contributed by atoms with van der Waals surface area (Å²) in [5, 5.41) is 4.43. The second-order valence-electron chi connectivity index (χ2n) is 3.08. The van der Waals surface area contributed by atoms with E-state index in [9.17, 15) is 4.79 Å². The van der Waals surface area contributed by atoms with Gasteiger partial charge in [-0.1, -0.05) is 12.1 Å². The first-order valence-electron chi connectivity index (χ1n) is 4.53. The van der Waals surface area contributed by atoms with Crippen molar-refractivity contribution >= 4 is 29.0 Å². The predicted octanol–water partition coefficient (Wildman–Crippen LogP) is 0.975. The van der Waals surface area contributed by atoms with Gasteiger partial charge in [0.2, 0.25) is 0 Å². The summed E-state index contributed by atoms with van der Waals surface area (Å²) in [4.78, 5) is 11.4. The topological polar surface area (TPSA) is 67.6 Å². The summed E-state index contributed by atoms with van der Waals surface area (Å²) in [6.45, 7) is 0. The zero-order valence-electron chi connectivity index (χ0n) is 9.06. The standard InChI is InChI=1S/C10H13N3O2S/c1-13(11)10(16)12-8-6-4-3-5-7(8)9(14)15-2/h3-6H,11H2,1-2H3,(H,12,16). The Kier molecular flexibility index (Phi) is 4.21. The third-order valence-electron chi connectivity index (χ3n) is 1.89. The first kappa shape index (κ1) is 12.4. The van der Waals surface area contributed by atoms with Crippen LogP contribution in [0.4, 0.5) is 5.69 Å². The number of thiocarbonyl (C=S) groups is 1. The molecule has 1 aromatic rings. The van der Waals surface area contributed by atoms with Crippen molar-refractivity contribution in [3.05, 3.63) is 29.8 Å². The number of methoxy groups -OCH3 is 1. The molecule has 0 aromatic heterocycles. The Labute approximate surface area is 99.1 Å². The number of carbonyl (C=O) groups excluding carboxylic acids is 1. The maximum absolute atomic E-state index is 11.4. The van der Waals surface area contributed by atoms with E-state index >= 15 is 0 Å². The van der Waals surface area contributed by atoms with Gasteiger partial charge in [-0.2, -0.15) is 0 Å². The molecule has 6 heteroatoms. The molecule has 0 amide bonds. The maximum atomic E-state index is 11.4. The van der Waals surface area contributed by atoms with Gasteiger partial charge in [-0.25, -0.2) is 10.6 Å². The van der Waals surface area contributed by atoms with Gasteiger partial charge in [0.1, 0.15) is 0 Å². The van der Waals surface area contributed by atoms with Crippen LogP contribution in [0.2, 0.25) is 0 Å². The zero-order valence-corrected chi connectivity index (χ0v) is 9.88. The van der Waals surface area contributed by atoms with Crippen molar-refractivity contribution in [3.8, 4) is 0 Å². The highest BCUT2D eigenvalue weighted by molar-refractivity contribution is 7.80. The summed E-state index contributed by atoms with van der Waals surface area (Å²) in [7, 11) is 2.93. The van der Waals surface area contributed by atoms with Gasteiger partial charge < -0.3 is 10.1 Å². The molecule has 0 heterocycles. The van der Waals surface area contributed by atoms with Crippen molar-refractivity contribution in [3.63, 3.8) is 0 Å². The Balaban J connectivity index is 2.95. The van der Waals surface area contributed by atoms with E-state index in [1.807, 2.05) is 0 Å². The summed E-state index contributed by atoms with van der Waals surface area (Å²) in [5.74, 6) is 5.03. The number of ether oxygens (including phenoxy) is 1. The van der Waals surface area contributed by atoms with E-state index in [1.165, 1.54) is 12.1 Å². The van der Waals surface area contributed by atoms with Crippen LogP contribution in [-0.4, -0.2) is 30.2 Å². The van der Waals surface area contributed by atoms with Crippen LogP contribution in [-0.2, 0) is 4.74 Å². The minimum Gasteiger partial charge on any atom is -0.465 e. The van der Waals surface area contributed by atoms with Gasteiger partial charge in [0.05, 0.1) is 18.4 Å². The SMILES string of the molecule is COC(=O)c1ccccc1NC(=S)N(C)N. The Bertz CT molecular complexity index is 407. The Morgan fingerprint density at radius 2 is 2.12 bits per heavy atom. The van der Waals surface area contributed by atoms with Crippen LogP contribution >= 0.6 is 12.2 Å². The summed E-state index contributed by atoms with van der Waals surface area (Å²) in [5.41, 5.74) is 0.978. The minimum atomic E-state index is -0.425. The molecule has 3 N–H and O–H groups in total. The average Bonchev–Trinajstić information content (AvgIpc) is 2.28. The highest BCUT2D eigenvalue weighted by Crippen LogP contribution is 2.16. The summed E-state index contributed by atoms with van der Waals surface area (Å²) < 4.78 is 4.65. The van der Waals surface area contributed by atoms with E-state index in [2.05, 4.69) is 10.1 Å². The molecule has 0 aliphatic carbocycles. The number of nitrogens with two attached hydrogens (primary N) is 1. The van der Waals surface area contributed by atoms with Crippen LogP contribution in [0.25, 0.3) is 0 Å². The van der Waals surface area contributed by atoms with Crippen LogP contribution in [0.15, 0.2) is 24.3 Å². The van der Waals surface area contributed by atoms with Crippen molar-refractivity contribution < 1.29 is 9.53 Å². The zero-order chi connectivity index (χ0) is 12.1. The molecule has 5 nitrogen and oxygen atoms in total. The lowest BCUT2D eigenvalue weighted by Crippen LogP contribution is -2.36. The highest BCUT2D eigenvalue weighted by Gasteiger charge is 2.12. The van der Waals surface area contributed by atoms with Crippen LogP contribution in [0, 0.1) is 0 Å². The summed E-state index contributed by atoms with van der Waals surface area (Å²) >= 11 is 4.98. The first-order valence-corrected chi connectivity index (χ1v) is 4.94. The van der Waals surface area contributed by atoms with E-state index in [4.69, 9.17) is 18.1 Å². The van der Waals surface area contributed by atoms with Crippen molar-refractivity contribution in [2.45, 2.75) is 0 Å². The number of nitrogens with one attached hydrogen (secondary N) is 1. The van der Waals surface area contributed by atoms with Crippen molar-refractivity contribution in [1.29, 1.82) is 0 Å². The van der Waals surface area contributed by atoms with E-state index in [0.29, 0.717) is 16.4 Å². The predicted molar refractivity (Wildman–Crippen MR) is 66.0 cm³/mol. The fraction of sp³-hybridized carbons (Fsp3) is 0.200. The van der Waals surface area contributed by atoms with Gasteiger partial charge in [0.25, 0.3) is 0 Å². The maximum Gasteiger partial charge on any atom is 0.339 e. The first-order chi connectivity index (χ1) is 7.56. The molecular weight excluding hydrogens is 226 g/mol. The quantitative estimate of drug-likeness (QED) is 0.347. The number of esters is 1. The highest BCUT2D eigenvalue weighted by atomic mass is 32.1. The van der Waals surface area contributed by atoms with Gasteiger partial charge >= 0.3 is 5.97 Å². The van der Waals surface area contributed by atoms with Crippen LogP contribution in [0.3, 0.4) is 0 Å². The number of hydrazine groups is 1. The molecular formula is C10H13N3O2S. The molecule has 0 aliphatic rings. The van der Waals surface area contributed by atoms with Crippen molar-refractivity contribution in [2.75, 3.05) is 19.5 Å². The summed E-state index contributed by atoms with van der Waals surface area (Å²) in [6, 6.07) is 6.90. The molecule has 0 saturated carbocycles. The minimum absolute atomic E-state index is 0.316.